The number of hydrogen-bond donors (Lipinski definition) is 0. The lowest BCUT2D eigenvalue weighted by molar-refractivity contribution is 0.232. The van der Waals surface area contributed by atoms with Crippen molar-refractivity contribution in [1.82, 2.24) is 9.97 Å². The summed E-state index contributed by atoms with van der Waals surface area (Å²) in [5, 5.41) is 0. The average molecular weight is 137 g/mol. The maximum atomic E-state index is 5.23. The van der Waals surface area contributed by atoms with Crippen LogP contribution in [0.15, 0.2) is 12.3 Å². The minimum atomic E-state index is 0.156. The first-order chi connectivity index (χ1) is 4.79. The van der Waals surface area contributed by atoms with Crippen LogP contribution in [-0.2, 0) is 0 Å². The second kappa shape index (κ2) is 3.15. The lowest BCUT2D eigenvalue weighted by Gasteiger charge is -2.05. The SMILES string of the molecule is CC(C)Oc1ccn[c]n1. The molecule has 1 rings (SSSR count). The first-order valence-electron chi connectivity index (χ1n) is 3.15. The minimum Gasteiger partial charge on any atom is -0.475 e. The molecule has 3 heteroatoms. The van der Waals surface area contributed by atoms with E-state index < -0.39 is 0 Å². The summed E-state index contributed by atoms with van der Waals surface area (Å²) in [5.74, 6) is 0.574. The Hall–Kier alpha value is -1.12. The number of hydrogen-bond acceptors (Lipinski definition) is 3. The van der Waals surface area contributed by atoms with Gasteiger partial charge in [0.1, 0.15) is 0 Å². The Labute approximate surface area is 60.1 Å². The van der Waals surface area contributed by atoms with Crippen LogP contribution in [0.3, 0.4) is 0 Å². The first-order valence-corrected chi connectivity index (χ1v) is 3.15. The van der Waals surface area contributed by atoms with Crippen LogP contribution in [-0.4, -0.2) is 16.1 Å². The molecule has 0 aliphatic carbocycles. The van der Waals surface area contributed by atoms with Crippen molar-refractivity contribution in [2.75, 3.05) is 0 Å². The molecule has 0 amide bonds. The average Bonchev–Trinajstić information content (AvgIpc) is 1.88. The maximum absolute atomic E-state index is 5.23. The van der Waals surface area contributed by atoms with Crippen molar-refractivity contribution in [3.8, 4) is 5.88 Å². The Morgan fingerprint density at radius 1 is 1.60 bits per heavy atom. The highest BCUT2D eigenvalue weighted by Gasteiger charge is 1.95. The fraction of sp³-hybridized carbons (Fsp3) is 0.429. The van der Waals surface area contributed by atoms with Crippen molar-refractivity contribution in [1.29, 1.82) is 0 Å². The van der Waals surface area contributed by atoms with Gasteiger partial charge in [-0.15, -0.1) is 0 Å². The normalized spacial score (nSPS) is 9.90. The van der Waals surface area contributed by atoms with Gasteiger partial charge in [0, 0.05) is 12.3 Å². The Kier molecular flexibility index (Phi) is 2.20. The van der Waals surface area contributed by atoms with Gasteiger partial charge in [0.25, 0.3) is 0 Å². The van der Waals surface area contributed by atoms with Gasteiger partial charge in [0.15, 0.2) is 0 Å². The van der Waals surface area contributed by atoms with E-state index in [1.54, 1.807) is 12.3 Å². The van der Waals surface area contributed by atoms with E-state index in [1.807, 2.05) is 13.8 Å². The van der Waals surface area contributed by atoms with E-state index >= 15 is 0 Å². The van der Waals surface area contributed by atoms with Gasteiger partial charge in [0.05, 0.1) is 6.10 Å². The van der Waals surface area contributed by atoms with E-state index in [0.29, 0.717) is 5.88 Å². The molecule has 0 aliphatic heterocycles. The first kappa shape index (κ1) is 6.99. The van der Waals surface area contributed by atoms with Crippen molar-refractivity contribution in [2.45, 2.75) is 20.0 Å². The zero-order valence-electron chi connectivity index (χ0n) is 6.03. The third kappa shape index (κ3) is 2.01. The standard InChI is InChI=1S/C7H9N2O/c1-6(2)10-7-3-4-8-5-9-7/h3-4,6H,1-2H3. The molecule has 0 unspecified atom stereocenters. The molecule has 0 aromatic carbocycles. The molecular formula is C7H9N2O. The van der Waals surface area contributed by atoms with E-state index in [4.69, 9.17) is 4.74 Å². The summed E-state index contributed by atoms with van der Waals surface area (Å²) in [7, 11) is 0. The molecule has 1 aromatic rings. The van der Waals surface area contributed by atoms with E-state index in [9.17, 15) is 0 Å². The summed E-state index contributed by atoms with van der Waals surface area (Å²) in [6, 6.07) is 1.70. The number of ether oxygens (including phenoxy) is 1. The molecule has 0 spiro atoms. The van der Waals surface area contributed by atoms with E-state index in [1.165, 1.54) is 0 Å². The molecule has 0 saturated carbocycles. The Balaban J connectivity index is 2.59. The van der Waals surface area contributed by atoms with Crippen LogP contribution in [0.1, 0.15) is 13.8 Å². The molecule has 0 N–H and O–H groups in total. The van der Waals surface area contributed by atoms with Crippen LogP contribution >= 0.6 is 0 Å². The van der Waals surface area contributed by atoms with Crippen molar-refractivity contribution in [2.24, 2.45) is 0 Å². The molecule has 53 valence electrons. The van der Waals surface area contributed by atoms with Crippen LogP contribution in [0, 0.1) is 6.33 Å². The molecule has 0 aliphatic rings. The molecule has 1 aromatic heterocycles. The van der Waals surface area contributed by atoms with Crippen LogP contribution in [0.4, 0.5) is 0 Å². The van der Waals surface area contributed by atoms with Crippen LogP contribution in [0.5, 0.6) is 5.88 Å². The van der Waals surface area contributed by atoms with Crippen LogP contribution in [0.2, 0.25) is 0 Å². The molecule has 0 atom stereocenters. The van der Waals surface area contributed by atoms with Gasteiger partial charge in [-0.25, -0.2) is 4.98 Å². The van der Waals surface area contributed by atoms with Crippen LogP contribution in [0.25, 0.3) is 0 Å². The second-order valence-electron chi connectivity index (χ2n) is 2.16. The van der Waals surface area contributed by atoms with Gasteiger partial charge in [-0.05, 0) is 13.8 Å². The molecule has 1 radical (unpaired) electrons. The van der Waals surface area contributed by atoms with Crippen molar-refractivity contribution in [3.63, 3.8) is 0 Å². The van der Waals surface area contributed by atoms with Crippen molar-refractivity contribution < 1.29 is 4.74 Å². The molecule has 10 heavy (non-hydrogen) atoms. The highest BCUT2D eigenvalue weighted by Crippen LogP contribution is 2.03. The van der Waals surface area contributed by atoms with E-state index in [0.717, 1.165) is 0 Å². The van der Waals surface area contributed by atoms with E-state index in [2.05, 4.69) is 16.3 Å². The second-order valence-corrected chi connectivity index (χ2v) is 2.16. The largest absolute Gasteiger partial charge is 0.475 e. The van der Waals surface area contributed by atoms with Gasteiger partial charge < -0.3 is 4.74 Å². The minimum absolute atomic E-state index is 0.156. The van der Waals surface area contributed by atoms with Gasteiger partial charge in [-0.2, -0.15) is 4.98 Å². The molecule has 0 saturated heterocycles. The number of nitrogens with zero attached hydrogens (tertiary/aromatic N) is 2. The van der Waals surface area contributed by atoms with Crippen molar-refractivity contribution >= 4 is 0 Å². The molecule has 0 bridgehead atoms. The number of aromatic nitrogens is 2. The zero-order chi connectivity index (χ0) is 7.40. The number of rotatable bonds is 2. The summed E-state index contributed by atoms with van der Waals surface area (Å²) in [6.45, 7) is 3.89. The van der Waals surface area contributed by atoms with Gasteiger partial charge in [-0.1, -0.05) is 0 Å². The van der Waals surface area contributed by atoms with Gasteiger partial charge in [0.2, 0.25) is 12.2 Å². The third-order valence-electron chi connectivity index (χ3n) is 0.866. The summed E-state index contributed by atoms with van der Waals surface area (Å²) in [5.41, 5.74) is 0. The monoisotopic (exact) mass is 137 g/mol. The summed E-state index contributed by atoms with van der Waals surface area (Å²) < 4.78 is 5.23. The summed E-state index contributed by atoms with van der Waals surface area (Å²) >= 11 is 0. The Morgan fingerprint density at radius 3 is 2.90 bits per heavy atom. The van der Waals surface area contributed by atoms with Crippen LogP contribution < -0.4 is 4.74 Å². The molecule has 3 nitrogen and oxygen atoms in total. The van der Waals surface area contributed by atoms with Gasteiger partial charge >= 0.3 is 0 Å². The quantitative estimate of drug-likeness (QED) is 0.611. The predicted octanol–water partition coefficient (Wildman–Crippen LogP) is 1.06. The van der Waals surface area contributed by atoms with Gasteiger partial charge in [-0.3, -0.25) is 0 Å². The van der Waals surface area contributed by atoms with Crippen molar-refractivity contribution in [3.05, 3.63) is 18.6 Å². The fourth-order valence-corrected chi connectivity index (χ4v) is 0.557. The third-order valence-corrected chi connectivity index (χ3v) is 0.866. The fourth-order valence-electron chi connectivity index (χ4n) is 0.557. The summed E-state index contributed by atoms with van der Waals surface area (Å²) in [6.07, 6.45) is 4.20. The Bertz CT molecular complexity index is 186. The lowest BCUT2D eigenvalue weighted by atomic mass is 10.5. The molecule has 1 heterocycles. The zero-order valence-corrected chi connectivity index (χ0v) is 6.03. The predicted molar refractivity (Wildman–Crippen MR) is 36.6 cm³/mol. The lowest BCUT2D eigenvalue weighted by Crippen LogP contribution is -2.06. The highest BCUT2D eigenvalue weighted by molar-refractivity contribution is 5.04. The Morgan fingerprint density at radius 2 is 2.40 bits per heavy atom. The van der Waals surface area contributed by atoms with E-state index in [-0.39, 0.29) is 6.10 Å². The molecule has 0 fully saturated rings. The highest BCUT2D eigenvalue weighted by atomic mass is 16.5. The summed E-state index contributed by atoms with van der Waals surface area (Å²) in [4.78, 5) is 7.40. The molecular weight excluding hydrogens is 128 g/mol. The smallest absolute Gasteiger partial charge is 0.217 e. The topological polar surface area (TPSA) is 35.0 Å². The maximum Gasteiger partial charge on any atom is 0.217 e.